The average molecular weight is 408 g/mol. The molecule has 9 heteroatoms. The maximum absolute atomic E-state index is 12.5. The molecular weight excluding hydrogens is 388 g/mol. The van der Waals surface area contributed by atoms with Crippen LogP contribution in [0.15, 0.2) is 59.5 Å². The summed E-state index contributed by atoms with van der Waals surface area (Å²) in [5, 5.41) is 15.1. The second-order valence-electron chi connectivity index (χ2n) is 6.19. The number of aromatic nitrogens is 2. The van der Waals surface area contributed by atoms with Crippen molar-refractivity contribution in [2.24, 2.45) is 0 Å². The molecule has 0 fully saturated rings. The number of benzene rings is 2. The Morgan fingerprint density at radius 2 is 1.66 bits per heavy atom. The molecule has 1 aromatic heterocycles. The molecule has 0 aliphatic heterocycles. The quantitative estimate of drug-likeness (QED) is 0.546. The molecule has 0 saturated heterocycles. The SMILES string of the molecule is CCNc1nc(C)cc(Nc2ccc(NS(=O)(=O)c3ccc(C#N)cc3)cc2)n1. The number of nitriles is 1. The number of hydrogen-bond donors (Lipinski definition) is 3. The summed E-state index contributed by atoms with van der Waals surface area (Å²) in [4.78, 5) is 8.78. The Labute approximate surface area is 169 Å². The number of rotatable bonds is 7. The first-order valence-electron chi connectivity index (χ1n) is 8.89. The molecule has 0 aliphatic rings. The minimum absolute atomic E-state index is 0.0890. The fourth-order valence-electron chi connectivity index (χ4n) is 2.56. The fraction of sp³-hybridized carbons (Fsp3) is 0.150. The van der Waals surface area contributed by atoms with Gasteiger partial charge in [-0.05, 0) is 62.4 Å². The van der Waals surface area contributed by atoms with E-state index in [1.54, 1.807) is 24.3 Å². The standard InChI is InChI=1S/C20H20N6O2S/c1-3-22-20-23-14(2)12-19(25-20)24-16-6-8-17(9-7-16)26-29(27,28)18-10-4-15(13-21)5-11-18/h4-12,26H,3H2,1-2H3,(H2,22,23,24,25). The molecule has 0 amide bonds. The molecule has 3 N–H and O–H groups in total. The van der Waals surface area contributed by atoms with E-state index in [1.807, 2.05) is 26.0 Å². The summed E-state index contributed by atoms with van der Waals surface area (Å²) in [5.41, 5.74) is 2.40. The predicted molar refractivity (Wildman–Crippen MR) is 113 cm³/mol. The molecule has 148 valence electrons. The number of anilines is 4. The van der Waals surface area contributed by atoms with E-state index in [-0.39, 0.29) is 4.90 Å². The summed E-state index contributed by atoms with van der Waals surface area (Å²) in [6.45, 7) is 4.57. The number of aryl methyl sites for hydroxylation is 1. The topological polar surface area (TPSA) is 120 Å². The summed E-state index contributed by atoms with van der Waals surface area (Å²) in [7, 11) is -3.74. The first-order valence-corrected chi connectivity index (χ1v) is 10.4. The van der Waals surface area contributed by atoms with Crippen LogP contribution in [0, 0.1) is 18.3 Å². The summed E-state index contributed by atoms with van der Waals surface area (Å²) in [6.07, 6.45) is 0. The number of nitrogens with one attached hydrogen (secondary N) is 3. The van der Waals surface area contributed by atoms with Gasteiger partial charge in [-0.1, -0.05) is 0 Å². The Kier molecular flexibility index (Phi) is 5.95. The highest BCUT2D eigenvalue weighted by molar-refractivity contribution is 7.92. The van der Waals surface area contributed by atoms with E-state index in [4.69, 9.17) is 5.26 Å². The van der Waals surface area contributed by atoms with E-state index in [9.17, 15) is 8.42 Å². The van der Waals surface area contributed by atoms with Gasteiger partial charge in [-0.25, -0.2) is 13.4 Å². The normalized spacial score (nSPS) is 10.8. The van der Waals surface area contributed by atoms with Crippen LogP contribution in [0.25, 0.3) is 0 Å². The molecule has 3 rings (SSSR count). The van der Waals surface area contributed by atoms with E-state index < -0.39 is 10.0 Å². The second kappa shape index (κ2) is 8.58. The van der Waals surface area contributed by atoms with Crippen LogP contribution in [0.1, 0.15) is 18.2 Å². The van der Waals surface area contributed by atoms with Gasteiger partial charge in [-0.3, -0.25) is 4.72 Å². The Morgan fingerprint density at radius 3 is 2.28 bits per heavy atom. The molecule has 8 nitrogen and oxygen atoms in total. The van der Waals surface area contributed by atoms with Crippen LogP contribution in [-0.2, 0) is 10.0 Å². The van der Waals surface area contributed by atoms with Gasteiger partial charge in [0.2, 0.25) is 5.95 Å². The second-order valence-corrected chi connectivity index (χ2v) is 7.87. The zero-order chi connectivity index (χ0) is 20.9. The Morgan fingerprint density at radius 1 is 1.00 bits per heavy atom. The van der Waals surface area contributed by atoms with Crippen LogP contribution < -0.4 is 15.4 Å². The zero-order valence-electron chi connectivity index (χ0n) is 16.0. The lowest BCUT2D eigenvalue weighted by Crippen LogP contribution is -2.12. The predicted octanol–water partition coefficient (Wildman–Crippen LogP) is 3.63. The molecular formula is C20H20N6O2S. The largest absolute Gasteiger partial charge is 0.354 e. The molecule has 0 spiro atoms. The minimum Gasteiger partial charge on any atom is -0.354 e. The Hall–Kier alpha value is -3.64. The van der Waals surface area contributed by atoms with Gasteiger partial charge >= 0.3 is 0 Å². The van der Waals surface area contributed by atoms with E-state index in [0.29, 0.717) is 23.0 Å². The molecule has 29 heavy (non-hydrogen) atoms. The van der Waals surface area contributed by atoms with E-state index >= 15 is 0 Å². The molecule has 0 atom stereocenters. The molecule has 0 radical (unpaired) electrons. The van der Waals surface area contributed by atoms with Crippen molar-refractivity contribution >= 4 is 33.2 Å². The van der Waals surface area contributed by atoms with E-state index in [2.05, 4.69) is 25.3 Å². The van der Waals surface area contributed by atoms with Gasteiger partial charge in [-0.2, -0.15) is 10.2 Å². The van der Waals surface area contributed by atoms with Crippen molar-refractivity contribution in [2.45, 2.75) is 18.7 Å². The van der Waals surface area contributed by atoms with Crippen molar-refractivity contribution in [3.8, 4) is 6.07 Å². The molecule has 3 aromatic rings. The van der Waals surface area contributed by atoms with Crippen LogP contribution in [-0.4, -0.2) is 24.9 Å². The minimum atomic E-state index is -3.74. The highest BCUT2D eigenvalue weighted by Crippen LogP contribution is 2.21. The highest BCUT2D eigenvalue weighted by Gasteiger charge is 2.14. The van der Waals surface area contributed by atoms with Gasteiger partial charge in [0.15, 0.2) is 0 Å². The van der Waals surface area contributed by atoms with Gasteiger partial charge in [0.25, 0.3) is 10.0 Å². The maximum Gasteiger partial charge on any atom is 0.261 e. The van der Waals surface area contributed by atoms with Crippen molar-refractivity contribution in [3.63, 3.8) is 0 Å². The lowest BCUT2D eigenvalue weighted by molar-refractivity contribution is 0.601. The number of sulfonamides is 1. The van der Waals surface area contributed by atoms with Crippen molar-refractivity contribution in [3.05, 3.63) is 65.9 Å². The summed E-state index contributed by atoms with van der Waals surface area (Å²) in [6, 6.07) is 16.3. The van der Waals surface area contributed by atoms with Crippen LogP contribution in [0.4, 0.5) is 23.1 Å². The smallest absolute Gasteiger partial charge is 0.261 e. The molecule has 2 aromatic carbocycles. The van der Waals surface area contributed by atoms with Crippen LogP contribution >= 0.6 is 0 Å². The molecule has 1 heterocycles. The van der Waals surface area contributed by atoms with Gasteiger partial charge in [-0.15, -0.1) is 0 Å². The molecule has 0 unspecified atom stereocenters. The number of hydrogen-bond acceptors (Lipinski definition) is 7. The van der Waals surface area contributed by atoms with E-state index in [1.165, 1.54) is 24.3 Å². The lowest BCUT2D eigenvalue weighted by atomic mass is 10.2. The third-order valence-electron chi connectivity index (χ3n) is 3.89. The van der Waals surface area contributed by atoms with Gasteiger partial charge < -0.3 is 10.6 Å². The maximum atomic E-state index is 12.5. The third-order valence-corrected chi connectivity index (χ3v) is 5.29. The first-order chi connectivity index (χ1) is 13.9. The van der Waals surface area contributed by atoms with Gasteiger partial charge in [0.1, 0.15) is 5.82 Å². The molecule has 0 bridgehead atoms. The summed E-state index contributed by atoms with van der Waals surface area (Å²) in [5.74, 6) is 1.18. The molecule has 0 saturated carbocycles. The Balaban J connectivity index is 1.72. The van der Waals surface area contributed by atoms with Crippen molar-refractivity contribution < 1.29 is 8.42 Å². The van der Waals surface area contributed by atoms with Crippen molar-refractivity contribution in [2.75, 3.05) is 21.9 Å². The average Bonchev–Trinajstić information content (AvgIpc) is 2.69. The first kappa shape index (κ1) is 20.1. The summed E-state index contributed by atoms with van der Waals surface area (Å²) < 4.78 is 27.5. The zero-order valence-corrected chi connectivity index (χ0v) is 16.8. The monoisotopic (exact) mass is 408 g/mol. The highest BCUT2D eigenvalue weighted by atomic mass is 32.2. The van der Waals surface area contributed by atoms with Crippen molar-refractivity contribution in [1.29, 1.82) is 5.26 Å². The number of nitrogens with zero attached hydrogens (tertiary/aromatic N) is 3. The van der Waals surface area contributed by atoms with Crippen LogP contribution in [0.3, 0.4) is 0 Å². The van der Waals surface area contributed by atoms with Crippen molar-refractivity contribution in [1.82, 2.24) is 9.97 Å². The van der Waals surface area contributed by atoms with E-state index in [0.717, 1.165) is 17.9 Å². The van der Waals surface area contributed by atoms with Gasteiger partial charge in [0.05, 0.1) is 16.5 Å². The van der Waals surface area contributed by atoms with Gasteiger partial charge in [0, 0.05) is 29.7 Å². The summed E-state index contributed by atoms with van der Waals surface area (Å²) >= 11 is 0. The van der Waals surface area contributed by atoms with Crippen LogP contribution in [0.2, 0.25) is 0 Å². The molecule has 0 aliphatic carbocycles. The fourth-order valence-corrected chi connectivity index (χ4v) is 3.62. The lowest BCUT2D eigenvalue weighted by Gasteiger charge is -2.11. The third kappa shape index (κ3) is 5.21. The van der Waals surface area contributed by atoms with Crippen LogP contribution in [0.5, 0.6) is 0 Å². The Bertz CT molecular complexity index is 1140.